The second kappa shape index (κ2) is 3.11. The van der Waals surface area contributed by atoms with Crippen molar-refractivity contribution in [3.05, 3.63) is 24.3 Å². The number of rotatable bonds is 2. The number of nitrogens with one attached hydrogen (secondary N) is 1. The quantitative estimate of drug-likeness (QED) is 0.603. The lowest BCUT2D eigenvalue weighted by Crippen LogP contribution is -1.99. The summed E-state index contributed by atoms with van der Waals surface area (Å²) in [5, 5.41) is 3.13. The van der Waals surface area contributed by atoms with E-state index in [9.17, 15) is 0 Å². The Morgan fingerprint density at radius 1 is 1.70 bits per heavy atom. The predicted molar refractivity (Wildman–Crippen MR) is 43.9 cm³/mol. The fourth-order valence-electron chi connectivity index (χ4n) is 0.795. The molecule has 0 atom stereocenters. The van der Waals surface area contributed by atoms with Crippen LogP contribution in [0.1, 0.15) is 6.92 Å². The summed E-state index contributed by atoms with van der Waals surface area (Å²) in [6.45, 7) is 2.93. The molecule has 0 saturated heterocycles. The molecule has 0 unspecified atom stereocenters. The third-order valence-corrected chi connectivity index (χ3v) is 1.26. The summed E-state index contributed by atoms with van der Waals surface area (Å²) in [5.41, 5.74) is 7.35. The SMILES string of the molecule is CCNc1cc[c]cc1N. The molecule has 0 aliphatic rings. The molecule has 0 aliphatic heterocycles. The van der Waals surface area contributed by atoms with Crippen LogP contribution in [0.5, 0.6) is 0 Å². The van der Waals surface area contributed by atoms with Crippen LogP contribution in [0.2, 0.25) is 0 Å². The highest BCUT2D eigenvalue weighted by atomic mass is 14.9. The fourth-order valence-corrected chi connectivity index (χ4v) is 0.795. The van der Waals surface area contributed by atoms with E-state index in [2.05, 4.69) is 11.4 Å². The van der Waals surface area contributed by atoms with Gasteiger partial charge in [0.25, 0.3) is 0 Å². The van der Waals surface area contributed by atoms with Crippen LogP contribution in [0.3, 0.4) is 0 Å². The van der Waals surface area contributed by atoms with Gasteiger partial charge >= 0.3 is 0 Å². The molecule has 10 heavy (non-hydrogen) atoms. The second-order valence-electron chi connectivity index (χ2n) is 2.04. The Morgan fingerprint density at radius 3 is 3.10 bits per heavy atom. The summed E-state index contributed by atoms with van der Waals surface area (Å²) in [7, 11) is 0. The topological polar surface area (TPSA) is 38.0 Å². The maximum absolute atomic E-state index is 5.61. The van der Waals surface area contributed by atoms with E-state index >= 15 is 0 Å². The van der Waals surface area contributed by atoms with E-state index in [1.165, 1.54) is 0 Å². The molecule has 0 spiro atoms. The van der Waals surface area contributed by atoms with Gasteiger partial charge in [-0.2, -0.15) is 0 Å². The molecule has 2 nitrogen and oxygen atoms in total. The number of hydrogen-bond acceptors (Lipinski definition) is 2. The van der Waals surface area contributed by atoms with E-state index in [0.29, 0.717) is 0 Å². The highest BCUT2D eigenvalue weighted by Gasteiger charge is 1.91. The maximum atomic E-state index is 5.61. The lowest BCUT2D eigenvalue weighted by Gasteiger charge is -2.04. The van der Waals surface area contributed by atoms with E-state index in [1.54, 1.807) is 6.07 Å². The Balaban J connectivity index is 2.81. The van der Waals surface area contributed by atoms with Crippen LogP contribution in [0.4, 0.5) is 11.4 Å². The van der Waals surface area contributed by atoms with Gasteiger partial charge in [0.05, 0.1) is 11.4 Å². The minimum atomic E-state index is 0.754. The standard InChI is InChI=1S/C8H11N2/c1-2-10-8-6-4-3-5-7(8)9/h4-6,10H,2,9H2,1H3. The van der Waals surface area contributed by atoms with Crippen LogP contribution in [0.15, 0.2) is 18.2 Å². The van der Waals surface area contributed by atoms with E-state index in [-0.39, 0.29) is 0 Å². The predicted octanol–water partition coefficient (Wildman–Crippen LogP) is 1.50. The number of nitrogens with two attached hydrogens (primary N) is 1. The summed E-state index contributed by atoms with van der Waals surface area (Å²) >= 11 is 0. The first-order valence-electron chi connectivity index (χ1n) is 3.34. The number of nitrogen functional groups attached to an aromatic ring is 1. The van der Waals surface area contributed by atoms with Gasteiger partial charge in [0.2, 0.25) is 0 Å². The van der Waals surface area contributed by atoms with Gasteiger partial charge in [0, 0.05) is 6.54 Å². The minimum absolute atomic E-state index is 0.754. The summed E-state index contributed by atoms with van der Waals surface area (Å²) in [5.74, 6) is 0. The van der Waals surface area contributed by atoms with Crippen LogP contribution in [0.25, 0.3) is 0 Å². The summed E-state index contributed by atoms with van der Waals surface area (Å²) in [6.07, 6.45) is 0. The maximum Gasteiger partial charge on any atom is 0.0574 e. The fraction of sp³-hybridized carbons (Fsp3) is 0.250. The summed E-state index contributed by atoms with van der Waals surface area (Å²) in [6, 6.07) is 8.41. The second-order valence-corrected chi connectivity index (χ2v) is 2.04. The van der Waals surface area contributed by atoms with Crippen LogP contribution in [-0.4, -0.2) is 6.54 Å². The van der Waals surface area contributed by atoms with Crippen molar-refractivity contribution < 1.29 is 0 Å². The first-order chi connectivity index (χ1) is 4.84. The number of benzene rings is 1. The van der Waals surface area contributed by atoms with Crippen molar-refractivity contribution in [2.24, 2.45) is 0 Å². The van der Waals surface area contributed by atoms with Gasteiger partial charge in [-0.3, -0.25) is 0 Å². The molecule has 0 aromatic heterocycles. The van der Waals surface area contributed by atoms with Gasteiger partial charge in [-0.25, -0.2) is 0 Å². The molecule has 0 saturated carbocycles. The average Bonchev–Trinajstić information content (AvgIpc) is 1.94. The third kappa shape index (κ3) is 1.41. The van der Waals surface area contributed by atoms with Crippen LogP contribution in [0, 0.1) is 6.07 Å². The molecule has 0 aliphatic carbocycles. The molecule has 1 rings (SSSR count). The lowest BCUT2D eigenvalue weighted by atomic mass is 10.3. The number of hydrogen-bond donors (Lipinski definition) is 2. The molecule has 0 fully saturated rings. The van der Waals surface area contributed by atoms with Crippen LogP contribution in [-0.2, 0) is 0 Å². The van der Waals surface area contributed by atoms with Crippen LogP contribution >= 0.6 is 0 Å². The van der Waals surface area contributed by atoms with Gasteiger partial charge in [0.1, 0.15) is 0 Å². The molecule has 0 heterocycles. The summed E-state index contributed by atoms with van der Waals surface area (Å²) in [4.78, 5) is 0. The Bertz CT molecular complexity index is 208. The lowest BCUT2D eigenvalue weighted by molar-refractivity contribution is 1.21. The first kappa shape index (κ1) is 6.93. The van der Waals surface area contributed by atoms with Crippen molar-refractivity contribution in [2.45, 2.75) is 6.92 Å². The van der Waals surface area contributed by atoms with E-state index < -0.39 is 0 Å². The van der Waals surface area contributed by atoms with Crippen molar-refractivity contribution in [2.75, 3.05) is 17.6 Å². The van der Waals surface area contributed by atoms with Crippen molar-refractivity contribution in [3.63, 3.8) is 0 Å². The van der Waals surface area contributed by atoms with Gasteiger partial charge in [-0.05, 0) is 25.1 Å². The zero-order valence-corrected chi connectivity index (χ0v) is 6.02. The molecule has 3 N–H and O–H groups in total. The average molecular weight is 135 g/mol. The highest BCUT2D eigenvalue weighted by molar-refractivity contribution is 5.65. The Morgan fingerprint density at radius 2 is 2.50 bits per heavy atom. The minimum Gasteiger partial charge on any atom is -0.397 e. The molecule has 1 radical (unpaired) electrons. The van der Waals surface area contributed by atoms with Crippen molar-refractivity contribution in [1.29, 1.82) is 0 Å². The van der Waals surface area contributed by atoms with Gasteiger partial charge in [-0.15, -0.1) is 0 Å². The van der Waals surface area contributed by atoms with E-state index in [1.807, 2.05) is 19.1 Å². The molecular formula is C8H11N2. The molecule has 0 bridgehead atoms. The highest BCUT2D eigenvalue weighted by Crippen LogP contribution is 2.15. The van der Waals surface area contributed by atoms with Crippen molar-refractivity contribution in [1.82, 2.24) is 0 Å². The normalized spacial score (nSPS) is 9.30. The van der Waals surface area contributed by atoms with Gasteiger partial charge in [-0.1, -0.05) is 6.07 Å². The largest absolute Gasteiger partial charge is 0.397 e. The molecule has 2 heteroatoms. The third-order valence-electron chi connectivity index (χ3n) is 1.26. The molecule has 0 amide bonds. The smallest absolute Gasteiger partial charge is 0.0574 e. The van der Waals surface area contributed by atoms with E-state index in [4.69, 9.17) is 5.73 Å². The molecule has 53 valence electrons. The Kier molecular flexibility index (Phi) is 2.15. The Labute approximate surface area is 61.1 Å². The van der Waals surface area contributed by atoms with Crippen molar-refractivity contribution >= 4 is 11.4 Å². The van der Waals surface area contributed by atoms with Crippen LogP contribution < -0.4 is 11.1 Å². The first-order valence-corrected chi connectivity index (χ1v) is 3.34. The zero-order valence-electron chi connectivity index (χ0n) is 6.02. The molecule has 1 aromatic carbocycles. The number of anilines is 2. The van der Waals surface area contributed by atoms with E-state index in [0.717, 1.165) is 17.9 Å². The zero-order chi connectivity index (χ0) is 7.40. The monoisotopic (exact) mass is 135 g/mol. The van der Waals surface area contributed by atoms with Crippen molar-refractivity contribution in [3.8, 4) is 0 Å². The summed E-state index contributed by atoms with van der Waals surface area (Å²) < 4.78 is 0. The molecule has 1 aromatic rings. The van der Waals surface area contributed by atoms with Gasteiger partial charge in [0.15, 0.2) is 0 Å². The van der Waals surface area contributed by atoms with Gasteiger partial charge < -0.3 is 11.1 Å². The molecular weight excluding hydrogens is 124 g/mol. The Hall–Kier alpha value is -1.18.